The van der Waals surface area contributed by atoms with E-state index in [2.05, 4.69) is 10.3 Å². The van der Waals surface area contributed by atoms with Crippen LogP contribution in [0.15, 0.2) is 28.7 Å². The van der Waals surface area contributed by atoms with E-state index in [1.165, 1.54) is 18.2 Å². The fourth-order valence-corrected chi connectivity index (χ4v) is 2.68. The first-order valence-corrected chi connectivity index (χ1v) is 7.84. The summed E-state index contributed by atoms with van der Waals surface area (Å²) in [6, 6.07) is 5.40. The molecule has 1 aromatic carbocycles. The highest BCUT2D eigenvalue weighted by Gasteiger charge is 2.25. The van der Waals surface area contributed by atoms with E-state index >= 15 is 0 Å². The minimum absolute atomic E-state index is 0.0312. The van der Waals surface area contributed by atoms with Crippen molar-refractivity contribution in [1.82, 2.24) is 15.2 Å². The van der Waals surface area contributed by atoms with Gasteiger partial charge >= 0.3 is 0 Å². The molecule has 2 amide bonds. The number of amides is 2. The van der Waals surface area contributed by atoms with Crippen LogP contribution in [-0.2, 0) is 6.54 Å². The SMILES string of the molecule is Cc1oc(CNC(=O)c2cccc(F)c2)nc1C(=O)N1CCCC1. The number of hydrogen-bond acceptors (Lipinski definition) is 4. The molecule has 0 atom stereocenters. The molecule has 0 unspecified atom stereocenters. The van der Waals surface area contributed by atoms with Crippen LogP contribution >= 0.6 is 0 Å². The summed E-state index contributed by atoms with van der Waals surface area (Å²) < 4.78 is 18.6. The van der Waals surface area contributed by atoms with Crippen LogP contribution in [0.5, 0.6) is 0 Å². The molecule has 126 valence electrons. The van der Waals surface area contributed by atoms with Crippen LogP contribution in [0.1, 0.15) is 45.3 Å². The lowest BCUT2D eigenvalue weighted by molar-refractivity contribution is 0.0785. The molecule has 1 aliphatic rings. The van der Waals surface area contributed by atoms with Crippen molar-refractivity contribution in [3.05, 3.63) is 53.0 Å². The monoisotopic (exact) mass is 331 g/mol. The van der Waals surface area contributed by atoms with Gasteiger partial charge in [-0.1, -0.05) is 6.07 Å². The zero-order chi connectivity index (χ0) is 17.1. The first kappa shape index (κ1) is 16.2. The van der Waals surface area contributed by atoms with Crippen molar-refractivity contribution >= 4 is 11.8 Å². The Bertz CT molecular complexity index is 766. The molecule has 24 heavy (non-hydrogen) atoms. The van der Waals surface area contributed by atoms with E-state index in [1.807, 2.05) is 0 Å². The maximum atomic E-state index is 13.1. The number of nitrogens with one attached hydrogen (secondary N) is 1. The summed E-state index contributed by atoms with van der Waals surface area (Å²) in [6.07, 6.45) is 2.00. The summed E-state index contributed by atoms with van der Waals surface area (Å²) in [6.45, 7) is 3.17. The molecule has 1 N–H and O–H groups in total. The lowest BCUT2D eigenvalue weighted by atomic mass is 10.2. The van der Waals surface area contributed by atoms with Crippen LogP contribution in [0.3, 0.4) is 0 Å². The zero-order valence-electron chi connectivity index (χ0n) is 13.3. The Hall–Kier alpha value is -2.70. The molecule has 2 heterocycles. The molecule has 1 fully saturated rings. The van der Waals surface area contributed by atoms with Gasteiger partial charge in [0.1, 0.15) is 11.6 Å². The Morgan fingerprint density at radius 2 is 2.08 bits per heavy atom. The Labute approximate surface area is 138 Å². The van der Waals surface area contributed by atoms with Gasteiger partial charge in [-0.3, -0.25) is 9.59 Å². The number of aromatic nitrogens is 1. The normalized spacial score (nSPS) is 14.0. The second kappa shape index (κ2) is 6.82. The van der Waals surface area contributed by atoms with Crippen LogP contribution in [-0.4, -0.2) is 34.8 Å². The number of carbonyl (C=O) groups excluding carboxylic acids is 2. The second-order valence-corrected chi connectivity index (χ2v) is 5.70. The van der Waals surface area contributed by atoms with Gasteiger partial charge in [-0.15, -0.1) is 0 Å². The molecule has 3 rings (SSSR count). The van der Waals surface area contributed by atoms with Gasteiger partial charge < -0.3 is 14.6 Å². The third-order valence-electron chi connectivity index (χ3n) is 3.92. The second-order valence-electron chi connectivity index (χ2n) is 5.70. The lowest BCUT2D eigenvalue weighted by Crippen LogP contribution is -2.28. The van der Waals surface area contributed by atoms with Crippen LogP contribution in [0.25, 0.3) is 0 Å². The molecule has 0 aliphatic carbocycles. The molecule has 1 aliphatic heterocycles. The Morgan fingerprint density at radius 1 is 1.33 bits per heavy atom. The van der Waals surface area contributed by atoms with Gasteiger partial charge in [0.05, 0.1) is 6.54 Å². The summed E-state index contributed by atoms with van der Waals surface area (Å²) in [5.74, 6) is -0.371. The van der Waals surface area contributed by atoms with Crippen molar-refractivity contribution in [2.24, 2.45) is 0 Å². The average molecular weight is 331 g/mol. The average Bonchev–Trinajstić information content (AvgIpc) is 3.21. The predicted octanol–water partition coefficient (Wildman–Crippen LogP) is 2.29. The summed E-state index contributed by atoms with van der Waals surface area (Å²) in [5.41, 5.74) is 0.499. The fraction of sp³-hybridized carbons (Fsp3) is 0.353. The summed E-state index contributed by atoms with van der Waals surface area (Å²) in [7, 11) is 0. The Balaban J connectivity index is 1.65. The smallest absolute Gasteiger partial charge is 0.276 e. The van der Waals surface area contributed by atoms with Gasteiger partial charge in [-0.2, -0.15) is 0 Å². The summed E-state index contributed by atoms with van der Waals surface area (Å²) in [4.78, 5) is 30.3. The molecule has 1 saturated heterocycles. The van der Waals surface area contributed by atoms with Crippen molar-refractivity contribution in [1.29, 1.82) is 0 Å². The maximum Gasteiger partial charge on any atom is 0.276 e. The summed E-state index contributed by atoms with van der Waals surface area (Å²) in [5, 5.41) is 2.60. The van der Waals surface area contributed by atoms with Crippen LogP contribution in [0, 0.1) is 12.7 Å². The van der Waals surface area contributed by atoms with E-state index in [-0.39, 0.29) is 29.6 Å². The maximum absolute atomic E-state index is 13.1. The van der Waals surface area contributed by atoms with Crippen LogP contribution in [0.2, 0.25) is 0 Å². The standard InChI is InChI=1S/C17H18FN3O3/c1-11-15(17(23)21-7-2-3-8-21)20-14(24-11)10-19-16(22)12-5-4-6-13(18)9-12/h4-6,9H,2-3,7-8,10H2,1H3,(H,19,22). The highest BCUT2D eigenvalue weighted by Crippen LogP contribution is 2.16. The molecule has 6 nitrogen and oxygen atoms in total. The highest BCUT2D eigenvalue weighted by molar-refractivity contribution is 5.94. The predicted molar refractivity (Wildman–Crippen MR) is 83.9 cm³/mol. The number of carbonyl (C=O) groups is 2. The molecule has 0 spiro atoms. The number of aryl methyl sites for hydroxylation is 1. The van der Waals surface area contributed by atoms with Gasteiger partial charge in [-0.25, -0.2) is 9.37 Å². The number of oxazole rings is 1. The van der Waals surface area contributed by atoms with Crippen molar-refractivity contribution in [2.45, 2.75) is 26.3 Å². The van der Waals surface area contributed by atoms with Crippen molar-refractivity contribution in [3.63, 3.8) is 0 Å². The van der Waals surface area contributed by atoms with E-state index in [0.717, 1.165) is 32.0 Å². The molecule has 2 aromatic rings. The molecule has 1 aromatic heterocycles. The Kier molecular flexibility index (Phi) is 4.59. The number of halogens is 1. The number of rotatable bonds is 4. The molecule has 0 radical (unpaired) electrons. The van der Waals surface area contributed by atoms with Crippen LogP contribution < -0.4 is 5.32 Å². The third kappa shape index (κ3) is 3.45. The summed E-state index contributed by atoms with van der Waals surface area (Å²) >= 11 is 0. The molecular formula is C17H18FN3O3. The quantitative estimate of drug-likeness (QED) is 0.933. The van der Waals surface area contributed by atoms with Gasteiger partial charge in [0.15, 0.2) is 5.69 Å². The molecule has 0 saturated carbocycles. The van der Waals surface area contributed by atoms with Gasteiger partial charge in [0.25, 0.3) is 11.8 Å². The minimum Gasteiger partial charge on any atom is -0.443 e. The fourth-order valence-electron chi connectivity index (χ4n) is 2.68. The van der Waals surface area contributed by atoms with E-state index in [4.69, 9.17) is 4.42 Å². The third-order valence-corrected chi connectivity index (χ3v) is 3.92. The first-order valence-electron chi connectivity index (χ1n) is 7.84. The highest BCUT2D eigenvalue weighted by atomic mass is 19.1. The van der Waals surface area contributed by atoms with E-state index in [0.29, 0.717) is 5.76 Å². The van der Waals surface area contributed by atoms with Crippen molar-refractivity contribution < 1.29 is 18.4 Å². The van der Waals surface area contributed by atoms with Crippen molar-refractivity contribution in [2.75, 3.05) is 13.1 Å². The number of hydrogen-bond donors (Lipinski definition) is 1. The van der Waals surface area contributed by atoms with E-state index < -0.39 is 11.7 Å². The first-order chi connectivity index (χ1) is 11.5. The number of nitrogens with zero attached hydrogens (tertiary/aromatic N) is 2. The van der Waals surface area contributed by atoms with E-state index in [1.54, 1.807) is 11.8 Å². The van der Waals surface area contributed by atoms with Gasteiger partial charge in [-0.05, 0) is 38.0 Å². The van der Waals surface area contributed by atoms with Gasteiger partial charge in [0, 0.05) is 18.7 Å². The number of benzene rings is 1. The Morgan fingerprint density at radius 3 is 2.79 bits per heavy atom. The number of likely N-dealkylation sites (tertiary alicyclic amines) is 1. The molecular weight excluding hydrogens is 313 g/mol. The largest absolute Gasteiger partial charge is 0.443 e. The van der Waals surface area contributed by atoms with Crippen LogP contribution in [0.4, 0.5) is 4.39 Å². The lowest BCUT2D eigenvalue weighted by Gasteiger charge is -2.13. The zero-order valence-corrected chi connectivity index (χ0v) is 13.3. The van der Waals surface area contributed by atoms with E-state index in [9.17, 15) is 14.0 Å². The molecule has 0 bridgehead atoms. The minimum atomic E-state index is -0.479. The van der Waals surface area contributed by atoms with Gasteiger partial charge in [0.2, 0.25) is 5.89 Å². The topological polar surface area (TPSA) is 75.4 Å². The molecule has 7 heteroatoms. The van der Waals surface area contributed by atoms with Crippen molar-refractivity contribution in [3.8, 4) is 0 Å².